The van der Waals surface area contributed by atoms with Crippen LogP contribution in [0.2, 0.25) is 0 Å². The maximum absolute atomic E-state index is 11.4. The quantitative estimate of drug-likeness (QED) is 0.450. The van der Waals surface area contributed by atoms with E-state index in [-0.39, 0.29) is 5.91 Å². The fraction of sp³-hybridized carbons (Fsp3) is 0.455. The van der Waals surface area contributed by atoms with Crippen molar-refractivity contribution in [1.82, 2.24) is 10.4 Å². The van der Waals surface area contributed by atoms with Crippen LogP contribution in [0.5, 0.6) is 0 Å². The van der Waals surface area contributed by atoms with Gasteiger partial charge >= 0.3 is 0 Å². The van der Waals surface area contributed by atoms with Crippen molar-refractivity contribution >= 4 is 11.7 Å². The molecule has 1 rings (SSSR count). The van der Waals surface area contributed by atoms with Crippen LogP contribution in [0.4, 0.5) is 5.82 Å². The van der Waals surface area contributed by atoms with E-state index in [2.05, 4.69) is 29.2 Å². The Hall–Kier alpha value is -1.62. The largest absolute Gasteiger partial charge is 0.357 e. The number of hydrazine groups is 1. The Morgan fingerprint density at radius 2 is 2.06 bits per heavy atom. The van der Waals surface area contributed by atoms with E-state index < -0.39 is 0 Å². The smallest absolute Gasteiger partial charge is 0.265 e. The van der Waals surface area contributed by atoms with Gasteiger partial charge in [-0.3, -0.25) is 10.2 Å². The number of carbonyl (C=O) groups is 1. The van der Waals surface area contributed by atoms with Crippen LogP contribution in [0.15, 0.2) is 12.1 Å². The van der Waals surface area contributed by atoms with Gasteiger partial charge in [-0.25, -0.2) is 10.8 Å². The molecule has 3 N–H and O–H groups in total. The lowest BCUT2D eigenvalue weighted by Crippen LogP contribution is -2.31. The third-order valence-electron chi connectivity index (χ3n) is 2.42. The van der Waals surface area contributed by atoms with Gasteiger partial charge in [0, 0.05) is 24.3 Å². The van der Waals surface area contributed by atoms with Crippen molar-refractivity contribution in [3.63, 3.8) is 0 Å². The summed E-state index contributed by atoms with van der Waals surface area (Å²) in [4.78, 5) is 17.9. The SMILES string of the molecule is CCN(CC)c1cc(C(=O)NN)cc(C)n1. The van der Waals surface area contributed by atoms with E-state index in [4.69, 9.17) is 5.84 Å². The lowest BCUT2D eigenvalue weighted by molar-refractivity contribution is 0.0953. The van der Waals surface area contributed by atoms with Crippen molar-refractivity contribution in [1.29, 1.82) is 0 Å². The molecule has 0 bridgehead atoms. The Morgan fingerprint density at radius 3 is 2.56 bits per heavy atom. The van der Waals surface area contributed by atoms with Crippen LogP contribution >= 0.6 is 0 Å². The van der Waals surface area contributed by atoms with E-state index in [0.717, 1.165) is 24.6 Å². The van der Waals surface area contributed by atoms with Gasteiger partial charge in [0.15, 0.2) is 0 Å². The van der Waals surface area contributed by atoms with Crippen molar-refractivity contribution in [3.8, 4) is 0 Å². The van der Waals surface area contributed by atoms with Gasteiger partial charge in [-0.05, 0) is 32.9 Å². The average molecular weight is 222 g/mol. The number of hydrogen-bond acceptors (Lipinski definition) is 4. The van der Waals surface area contributed by atoms with E-state index >= 15 is 0 Å². The first-order valence-corrected chi connectivity index (χ1v) is 5.36. The molecular formula is C11H18N4O. The summed E-state index contributed by atoms with van der Waals surface area (Å²) in [6, 6.07) is 3.47. The van der Waals surface area contributed by atoms with Crippen molar-refractivity contribution in [2.75, 3.05) is 18.0 Å². The number of nitrogens with two attached hydrogens (primary N) is 1. The first kappa shape index (κ1) is 12.4. The molecule has 1 amide bonds. The van der Waals surface area contributed by atoms with Gasteiger partial charge in [-0.1, -0.05) is 0 Å². The average Bonchev–Trinajstić information content (AvgIpc) is 2.29. The number of anilines is 1. The molecule has 5 nitrogen and oxygen atoms in total. The van der Waals surface area contributed by atoms with Gasteiger partial charge in [-0.2, -0.15) is 0 Å². The molecule has 0 fully saturated rings. The van der Waals surface area contributed by atoms with E-state index in [1.165, 1.54) is 0 Å². The molecule has 0 aromatic carbocycles. The molecule has 0 spiro atoms. The summed E-state index contributed by atoms with van der Waals surface area (Å²) in [7, 11) is 0. The van der Waals surface area contributed by atoms with Crippen LogP contribution in [-0.2, 0) is 0 Å². The summed E-state index contributed by atoms with van der Waals surface area (Å²) in [6.07, 6.45) is 0. The molecule has 5 heteroatoms. The summed E-state index contributed by atoms with van der Waals surface area (Å²) >= 11 is 0. The highest BCUT2D eigenvalue weighted by atomic mass is 16.2. The number of nitrogen functional groups attached to an aromatic ring is 1. The van der Waals surface area contributed by atoms with Crippen LogP contribution in [0.25, 0.3) is 0 Å². The lowest BCUT2D eigenvalue weighted by atomic mass is 10.2. The zero-order valence-electron chi connectivity index (χ0n) is 9.95. The first-order valence-electron chi connectivity index (χ1n) is 5.36. The van der Waals surface area contributed by atoms with Crippen LogP contribution < -0.4 is 16.2 Å². The van der Waals surface area contributed by atoms with Crippen molar-refractivity contribution in [3.05, 3.63) is 23.4 Å². The highest BCUT2D eigenvalue weighted by Crippen LogP contribution is 2.14. The summed E-state index contributed by atoms with van der Waals surface area (Å²) in [6.45, 7) is 7.68. The molecule has 0 aliphatic heterocycles. The normalized spacial score (nSPS) is 10.0. The maximum Gasteiger partial charge on any atom is 0.265 e. The van der Waals surface area contributed by atoms with E-state index in [9.17, 15) is 4.79 Å². The molecule has 0 radical (unpaired) electrons. The second-order valence-electron chi connectivity index (χ2n) is 3.50. The van der Waals surface area contributed by atoms with Crippen LogP contribution in [0.1, 0.15) is 29.9 Å². The van der Waals surface area contributed by atoms with Gasteiger partial charge in [0.1, 0.15) is 5.82 Å². The number of nitrogens with zero attached hydrogens (tertiary/aromatic N) is 2. The third-order valence-corrected chi connectivity index (χ3v) is 2.42. The minimum Gasteiger partial charge on any atom is -0.357 e. The van der Waals surface area contributed by atoms with E-state index in [0.29, 0.717) is 5.56 Å². The molecule has 16 heavy (non-hydrogen) atoms. The zero-order valence-corrected chi connectivity index (χ0v) is 9.95. The lowest BCUT2D eigenvalue weighted by Gasteiger charge is -2.20. The monoisotopic (exact) mass is 222 g/mol. The van der Waals surface area contributed by atoms with Crippen LogP contribution in [-0.4, -0.2) is 24.0 Å². The van der Waals surface area contributed by atoms with Gasteiger partial charge in [0.25, 0.3) is 5.91 Å². The van der Waals surface area contributed by atoms with Crippen LogP contribution in [0, 0.1) is 6.92 Å². The van der Waals surface area contributed by atoms with Gasteiger partial charge in [0.05, 0.1) is 0 Å². The number of nitrogens with one attached hydrogen (secondary N) is 1. The Balaban J connectivity index is 3.11. The second-order valence-corrected chi connectivity index (χ2v) is 3.50. The number of aromatic nitrogens is 1. The van der Waals surface area contributed by atoms with Gasteiger partial charge in [-0.15, -0.1) is 0 Å². The van der Waals surface area contributed by atoms with Crippen molar-refractivity contribution in [2.45, 2.75) is 20.8 Å². The Bertz CT molecular complexity index is 374. The Kier molecular flexibility index (Phi) is 4.25. The van der Waals surface area contributed by atoms with E-state index in [1.54, 1.807) is 12.1 Å². The Morgan fingerprint density at radius 1 is 1.44 bits per heavy atom. The molecule has 1 aromatic heterocycles. The minimum absolute atomic E-state index is 0.293. The Labute approximate surface area is 95.6 Å². The minimum atomic E-state index is -0.293. The summed E-state index contributed by atoms with van der Waals surface area (Å²) in [5, 5.41) is 0. The van der Waals surface area contributed by atoms with Crippen LogP contribution in [0.3, 0.4) is 0 Å². The molecule has 88 valence electrons. The zero-order chi connectivity index (χ0) is 12.1. The summed E-state index contributed by atoms with van der Waals surface area (Å²) in [5.74, 6) is 5.63. The third kappa shape index (κ3) is 2.70. The maximum atomic E-state index is 11.4. The first-order chi connectivity index (χ1) is 7.62. The number of aryl methyl sites for hydroxylation is 1. The topological polar surface area (TPSA) is 71.2 Å². The second kappa shape index (κ2) is 5.46. The highest BCUT2D eigenvalue weighted by molar-refractivity contribution is 5.94. The summed E-state index contributed by atoms with van der Waals surface area (Å²) < 4.78 is 0. The highest BCUT2D eigenvalue weighted by Gasteiger charge is 2.10. The molecule has 1 heterocycles. The molecule has 0 aliphatic carbocycles. The predicted molar refractivity (Wildman–Crippen MR) is 64.2 cm³/mol. The number of hydrogen-bond donors (Lipinski definition) is 2. The van der Waals surface area contributed by atoms with E-state index in [1.807, 2.05) is 6.92 Å². The van der Waals surface area contributed by atoms with Gasteiger partial charge < -0.3 is 4.90 Å². The molecular weight excluding hydrogens is 204 g/mol. The number of pyridine rings is 1. The fourth-order valence-corrected chi connectivity index (χ4v) is 1.58. The molecule has 1 aromatic rings. The number of rotatable bonds is 4. The van der Waals surface area contributed by atoms with Gasteiger partial charge in [0.2, 0.25) is 0 Å². The standard InChI is InChI=1S/C11H18N4O/c1-4-15(5-2)10-7-9(11(16)14-12)6-8(3)13-10/h6-7H,4-5,12H2,1-3H3,(H,14,16). The molecule has 0 unspecified atom stereocenters. The fourth-order valence-electron chi connectivity index (χ4n) is 1.58. The molecule has 0 saturated carbocycles. The summed E-state index contributed by atoms with van der Waals surface area (Å²) in [5.41, 5.74) is 3.47. The molecule has 0 atom stereocenters. The molecule has 0 aliphatic rings. The number of carbonyl (C=O) groups excluding carboxylic acids is 1. The number of amides is 1. The molecule has 0 saturated heterocycles. The van der Waals surface area contributed by atoms with Crippen molar-refractivity contribution in [2.24, 2.45) is 5.84 Å². The van der Waals surface area contributed by atoms with Crippen molar-refractivity contribution < 1.29 is 4.79 Å². The predicted octanol–water partition coefficient (Wildman–Crippen LogP) is 0.840.